The Morgan fingerprint density at radius 2 is 2.09 bits per heavy atom. The lowest BCUT2D eigenvalue weighted by Gasteiger charge is -2.37. The molecule has 2 aliphatic rings. The first-order valence-corrected chi connectivity index (χ1v) is 8.16. The minimum Gasteiger partial charge on any atom is -0.372 e. The van der Waals surface area contributed by atoms with Gasteiger partial charge >= 0.3 is 0 Å². The topological polar surface area (TPSA) is 45.0 Å². The van der Waals surface area contributed by atoms with E-state index >= 15 is 0 Å². The molecule has 4 nitrogen and oxygen atoms in total. The smallest absolute Gasteiger partial charge is 0.288 e. The number of amides is 1. The van der Waals surface area contributed by atoms with Crippen LogP contribution in [0.1, 0.15) is 24.0 Å². The lowest BCUT2D eigenvalue weighted by Crippen LogP contribution is -2.40. The molecule has 0 radical (unpaired) electrons. The standard InChI is InChI=1S/C17H20ClN3O/c1-12-4-6-13(7-5-12)9-14-3-2-8-21(11-14)15-10-19-20-17(22)16(15)18/h4-7,10,14,16H,2-3,8-9,11H2,1H3. The van der Waals surface area contributed by atoms with E-state index in [0.717, 1.165) is 31.6 Å². The second kappa shape index (κ2) is 6.61. The highest BCUT2D eigenvalue weighted by Crippen LogP contribution is 2.28. The van der Waals surface area contributed by atoms with E-state index in [1.165, 1.54) is 17.5 Å². The van der Waals surface area contributed by atoms with Crippen molar-refractivity contribution in [2.75, 3.05) is 13.1 Å². The maximum absolute atomic E-state index is 11.6. The van der Waals surface area contributed by atoms with Crippen molar-refractivity contribution in [2.24, 2.45) is 16.1 Å². The van der Waals surface area contributed by atoms with Crippen LogP contribution in [0.3, 0.4) is 0 Å². The molecular formula is C17H20ClN3O. The molecule has 2 atom stereocenters. The van der Waals surface area contributed by atoms with Crippen LogP contribution in [0, 0.1) is 12.8 Å². The van der Waals surface area contributed by atoms with Gasteiger partial charge < -0.3 is 4.90 Å². The summed E-state index contributed by atoms with van der Waals surface area (Å²) in [7, 11) is 0. The summed E-state index contributed by atoms with van der Waals surface area (Å²) in [6.07, 6.45) is 5.02. The second-order valence-electron chi connectivity index (χ2n) is 6.11. The average molecular weight is 318 g/mol. The Hall–Kier alpha value is -1.68. The van der Waals surface area contributed by atoms with E-state index < -0.39 is 5.38 Å². The van der Waals surface area contributed by atoms with E-state index in [4.69, 9.17) is 11.6 Å². The summed E-state index contributed by atoms with van der Waals surface area (Å²) in [4.78, 5) is 13.8. The first-order chi connectivity index (χ1) is 10.6. The van der Waals surface area contributed by atoms with Crippen LogP contribution in [0.2, 0.25) is 0 Å². The molecule has 0 saturated carbocycles. The van der Waals surface area contributed by atoms with E-state index in [0.29, 0.717) is 5.92 Å². The van der Waals surface area contributed by atoms with Crippen molar-refractivity contribution in [2.45, 2.75) is 31.6 Å². The highest BCUT2D eigenvalue weighted by molar-refractivity contribution is 6.33. The molecule has 22 heavy (non-hydrogen) atoms. The summed E-state index contributed by atoms with van der Waals surface area (Å²) in [5, 5.41) is 6.59. The normalized spacial score (nSPS) is 25.3. The van der Waals surface area contributed by atoms with E-state index in [2.05, 4.69) is 46.3 Å². The number of carbonyl (C=O) groups is 1. The molecule has 1 amide bonds. The number of hydrogen-bond acceptors (Lipinski definition) is 3. The minimum atomic E-state index is -0.685. The van der Waals surface area contributed by atoms with Gasteiger partial charge in [0, 0.05) is 13.1 Å². The molecular weight excluding hydrogens is 298 g/mol. The summed E-state index contributed by atoms with van der Waals surface area (Å²) < 4.78 is 0. The Morgan fingerprint density at radius 3 is 2.86 bits per heavy atom. The van der Waals surface area contributed by atoms with Crippen LogP contribution in [0.5, 0.6) is 0 Å². The number of piperidine rings is 1. The molecule has 1 fully saturated rings. The van der Waals surface area contributed by atoms with Gasteiger partial charge in [-0.3, -0.25) is 4.79 Å². The summed E-state index contributed by atoms with van der Waals surface area (Å²) in [5.41, 5.74) is 3.46. The molecule has 2 heterocycles. The number of rotatable bonds is 3. The zero-order valence-electron chi connectivity index (χ0n) is 12.7. The van der Waals surface area contributed by atoms with Crippen molar-refractivity contribution in [1.82, 2.24) is 4.90 Å². The van der Waals surface area contributed by atoms with Gasteiger partial charge in [0.05, 0.1) is 11.9 Å². The van der Waals surface area contributed by atoms with E-state index in [-0.39, 0.29) is 5.91 Å². The molecule has 5 heteroatoms. The number of aryl methyl sites for hydroxylation is 1. The van der Waals surface area contributed by atoms with E-state index in [1.807, 2.05) is 0 Å². The van der Waals surface area contributed by atoms with E-state index in [1.54, 1.807) is 6.20 Å². The molecule has 116 valence electrons. The van der Waals surface area contributed by atoms with Crippen molar-refractivity contribution >= 4 is 17.5 Å². The summed E-state index contributed by atoms with van der Waals surface area (Å²) in [6.45, 7) is 3.96. The number of benzene rings is 1. The fourth-order valence-corrected chi connectivity index (χ4v) is 3.39. The molecule has 0 N–H and O–H groups in total. The van der Waals surface area contributed by atoms with Crippen LogP contribution < -0.4 is 0 Å². The van der Waals surface area contributed by atoms with Crippen LogP contribution in [-0.2, 0) is 11.2 Å². The number of likely N-dealkylation sites (tertiary alicyclic amines) is 1. The van der Waals surface area contributed by atoms with Gasteiger partial charge in [-0.25, -0.2) is 0 Å². The summed E-state index contributed by atoms with van der Waals surface area (Å²) in [5.74, 6) is 0.218. The molecule has 1 aromatic rings. The Bertz CT molecular complexity index is 609. The molecule has 3 rings (SSSR count). The average Bonchev–Trinajstić information content (AvgIpc) is 2.53. The molecule has 1 aromatic carbocycles. The number of hydrogen-bond donors (Lipinski definition) is 0. The molecule has 0 bridgehead atoms. The molecule has 0 aromatic heterocycles. The summed E-state index contributed by atoms with van der Waals surface area (Å²) in [6, 6.07) is 8.73. The Balaban J connectivity index is 1.66. The van der Waals surface area contributed by atoms with Crippen LogP contribution in [0.25, 0.3) is 0 Å². The Labute approximate surface area is 135 Å². The quantitative estimate of drug-likeness (QED) is 0.798. The van der Waals surface area contributed by atoms with Gasteiger partial charge in [-0.2, -0.15) is 5.11 Å². The van der Waals surface area contributed by atoms with E-state index in [9.17, 15) is 4.79 Å². The lowest BCUT2D eigenvalue weighted by atomic mass is 9.90. The molecule has 2 unspecified atom stereocenters. The van der Waals surface area contributed by atoms with Gasteiger partial charge in [-0.15, -0.1) is 16.7 Å². The molecule has 0 aliphatic carbocycles. The van der Waals surface area contributed by atoms with Gasteiger partial charge in [0.25, 0.3) is 5.91 Å². The van der Waals surface area contributed by atoms with Crippen LogP contribution >= 0.6 is 11.6 Å². The zero-order valence-corrected chi connectivity index (χ0v) is 13.5. The first-order valence-electron chi connectivity index (χ1n) is 7.73. The fourth-order valence-electron chi connectivity index (χ4n) is 3.15. The van der Waals surface area contributed by atoms with Gasteiger partial charge in [-0.05, 0) is 37.7 Å². The van der Waals surface area contributed by atoms with Crippen molar-refractivity contribution in [3.63, 3.8) is 0 Å². The number of carbonyl (C=O) groups excluding carboxylic acids is 1. The largest absolute Gasteiger partial charge is 0.372 e. The third kappa shape index (κ3) is 3.38. The SMILES string of the molecule is Cc1ccc(CC2CCCN(C3=CN=NC(=O)C3Cl)C2)cc1. The first kappa shape index (κ1) is 15.2. The van der Waals surface area contributed by atoms with Gasteiger partial charge in [0.1, 0.15) is 0 Å². The highest BCUT2D eigenvalue weighted by Gasteiger charge is 2.30. The van der Waals surface area contributed by atoms with Gasteiger partial charge in [0.15, 0.2) is 5.38 Å². The van der Waals surface area contributed by atoms with Crippen molar-refractivity contribution in [3.05, 3.63) is 47.3 Å². The predicted molar refractivity (Wildman–Crippen MR) is 86.8 cm³/mol. The Kier molecular flexibility index (Phi) is 4.57. The lowest BCUT2D eigenvalue weighted by molar-refractivity contribution is -0.117. The predicted octanol–water partition coefficient (Wildman–Crippen LogP) is 3.69. The van der Waals surface area contributed by atoms with Crippen molar-refractivity contribution in [1.29, 1.82) is 0 Å². The number of alkyl halides is 1. The molecule has 0 spiro atoms. The Morgan fingerprint density at radius 1 is 1.32 bits per heavy atom. The fraction of sp³-hybridized carbons (Fsp3) is 0.471. The molecule has 2 aliphatic heterocycles. The van der Waals surface area contributed by atoms with Crippen LogP contribution in [0.15, 0.2) is 46.4 Å². The third-order valence-corrected chi connectivity index (χ3v) is 4.76. The van der Waals surface area contributed by atoms with Gasteiger partial charge in [-0.1, -0.05) is 29.8 Å². The number of azo groups is 1. The maximum Gasteiger partial charge on any atom is 0.288 e. The van der Waals surface area contributed by atoms with Crippen LogP contribution in [0.4, 0.5) is 0 Å². The monoisotopic (exact) mass is 317 g/mol. The third-order valence-electron chi connectivity index (χ3n) is 4.35. The molecule has 1 saturated heterocycles. The van der Waals surface area contributed by atoms with Crippen molar-refractivity contribution in [3.8, 4) is 0 Å². The number of halogens is 1. The second-order valence-corrected chi connectivity index (χ2v) is 6.55. The highest BCUT2D eigenvalue weighted by atomic mass is 35.5. The zero-order chi connectivity index (χ0) is 15.5. The number of nitrogens with zero attached hydrogens (tertiary/aromatic N) is 3. The van der Waals surface area contributed by atoms with Crippen LogP contribution in [-0.4, -0.2) is 29.3 Å². The minimum absolute atomic E-state index is 0.361. The van der Waals surface area contributed by atoms with Gasteiger partial charge in [0.2, 0.25) is 0 Å². The maximum atomic E-state index is 11.6. The summed E-state index contributed by atoms with van der Waals surface area (Å²) >= 11 is 6.18. The van der Waals surface area contributed by atoms with Crippen molar-refractivity contribution < 1.29 is 4.79 Å².